The number of amides is 1. The number of hydrogen-bond donors (Lipinski definition) is 0. The molecule has 19 heavy (non-hydrogen) atoms. The van der Waals surface area contributed by atoms with Crippen molar-refractivity contribution in [3.05, 3.63) is 23.2 Å². The summed E-state index contributed by atoms with van der Waals surface area (Å²) in [7, 11) is 1.80. The summed E-state index contributed by atoms with van der Waals surface area (Å²) in [6.45, 7) is 5.04. The topological polar surface area (TPSA) is 49.3 Å². The largest absolute Gasteiger partial charge is 0.339 e. The first-order chi connectivity index (χ1) is 9.11. The first-order valence-electron chi connectivity index (χ1n) is 6.59. The van der Waals surface area contributed by atoms with Gasteiger partial charge in [-0.15, -0.1) is 0 Å². The van der Waals surface area contributed by atoms with E-state index in [9.17, 15) is 4.79 Å². The third kappa shape index (κ3) is 3.42. The molecule has 0 aliphatic carbocycles. The Morgan fingerprint density at radius 1 is 1.58 bits per heavy atom. The molecule has 1 aliphatic rings. The maximum Gasteiger partial charge on any atom is 0.273 e. The van der Waals surface area contributed by atoms with E-state index >= 15 is 0 Å². The van der Waals surface area contributed by atoms with Gasteiger partial charge in [0.1, 0.15) is 10.8 Å². The summed E-state index contributed by atoms with van der Waals surface area (Å²) in [5.74, 6) is -0.127. The van der Waals surface area contributed by atoms with Crippen molar-refractivity contribution in [2.24, 2.45) is 0 Å². The second kappa shape index (κ2) is 6.30. The van der Waals surface area contributed by atoms with Gasteiger partial charge in [0.15, 0.2) is 0 Å². The van der Waals surface area contributed by atoms with Crippen molar-refractivity contribution in [2.75, 3.05) is 26.7 Å². The van der Waals surface area contributed by atoms with Gasteiger partial charge in [-0.25, -0.2) is 4.98 Å². The van der Waals surface area contributed by atoms with E-state index in [0.29, 0.717) is 11.7 Å². The van der Waals surface area contributed by atoms with Gasteiger partial charge < -0.3 is 4.90 Å². The molecule has 1 aromatic heterocycles. The third-order valence-electron chi connectivity index (χ3n) is 3.56. The zero-order valence-corrected chi connectivity index (χ0v) is 12.1. The molecular weight excluding hydrogens is 264 g/mol. The van der Waals surface area contributed by atoms with Crippen LogP contribution in [0.2, 0.25) is 5.15 Å². The molecule has 1 amide bonds. The first kappa shape index (κ1) is 14.2. The van der Waals surface area contributed by atoms with E-state index < -0.39 is 0 Å². The van der Waals surface area contributed by atoms with Gasteiger partial charge in [-0.2, -0.15) is 0 Å². The Hall–Kier alpha value is -1.20. The van der Waals surface area contributed by atoms with Crippen molar-refractivity contribution in [1.82, 2.24) is 19.8 Å². The highest BCUT2D eigenvalue weighted by atomic mass is 35.5. The zero-order valence-electron chi connectivity index (χ0n) is 11.3. The summed E-state index contributed by atoms with van der Waals surface area (Å²) >= 11 is 5.76. The SMILES string of the molecule is CCN1CCCC1CN(C)C(=O)c1cncc(Cl)n1. The van der Waals surface area contributed by atoms with Crippen LogP contribution in [-0.4, -0.2) is 58.4 Å². The van der Waals surface area contributed by atoms with Crippen LogP contribution in [0.5, 0.6) is 0 Å². The highest BCUT2D eigenvalue weighted by Crippen LogP contribution is 2.17. The van der Waals surface area contributed by atoms with Crippen LogP contribution in [0.1, 0.15) is 30.3 Å². The summed E-state index contributed by atoms with van der Waals surface area (Å²) in [6, 6.07) is 0.450. The lowest BCUT2D eigenvalue weighted by atomic mass is 10.2. The number of carbonyl (C=O) groups excluding carboxylic acids is 1. The normalized spacial score (nSPS) is 19.6. The minimum atomic E-state index is -0.127. The van der Waals surface area contributed by atoms with Gasteiger partial charge >= 0.3 is 0 Å². The predicted octanol–water partition coefficient (Wildman–Crippen LogP) is 1.69. The van der Waals surface area contributed by atoms with Gasteiger partial charge in [-0.3, -0.25) is 14.7 Å². The second-order valence-electron chi connectivity index (χ2n) is 4.84. The minimum Gasteiger partial charge on any atom is -0.339 e. The fourth-order valence-electron chi connectivity index (χ4n) is 2.56. The van der Waals surface area contributed by atoms with Crippen LogP contribution < -0.4 is 0 Å². The number of nitrogens with zero attached hydrogens (tertiary/aromatic N) is 4. The molecule has 1 atom stereocenters. The number of aromatic nitrogens is 2. The molecule has 1 saturated heterocycles. The average Bonchev–Trinajstić information content (AvgIpc) is 2.85. The minimum absolute atomic E-state index is 0.127. The van der Waals surface area contributed by atoms with Crippen LogP contribution in [0.25, 0.3) is 0 Å². The van der Waals surface area contributed by atoms with Crippen molar-refractivity contribution >= 4 is 17.5 Å². The molecule has 1 unspecified atom stereocenters. The molecule has 1 aliphatic heterocycles. The van der Waals surface area contributed by atoms with Crippen LogP contribution in [-0.2, 0) is 0 Å². The van der Waals surface area contributed by atoms with Crippen molar-refractivity contribution in [3.8, 4) is 0 Å². The summed E-state index contributed by atoms with van der Waals surface area (Å²) in [6.07, 6.45) is 5.23. The van der Waals surface area contributed by atoms with Crippen LogP contribution in [0, 0.1) is 0 Å². The molecule has 0 saturated carbocycles. The number of hydrogen-bond acceptors (Lipinski definition) is 4. The van der Waals surface area contributed by atoms with E-state index in [1.807, 2.05) is 0 Å². The number of halogens is 1. The Morgan fingerprint density at radius 2 is 2.37 bits per heavy atom. The molecule has 0 N–H and O–H groups in total. The maximum atomic E-state index is 12.2. The van der Waals surface area contributed by atoms with Crippen molar-refractivity contribution < 1.29 is 4.79 Å². The zero-order chi connectivity index (χ0) is 13.8. The van der Waals surface area contributed by atoms with Crippen molar-refractivity contribution in [3.63, 3.8) is 0 Å². The van der Waals surface area contributed by atoms with E-state index in [-0.39, 0.29) is 11.1 Å². The van der Waals surface area contributed by atoms with Gasteiger partial charge in [0.05, 0.1) is 12.4 Å². The molecule has 0 aromatic carbocycles. The molecule has 5 nitrogen and oxygen atoms in total. The van der Waals surface area contributed by atoms with Crippen LogP contribution in [0.4, 0.5) is 0 Å². The molecule has 2 heterocycles. The van der Waals surface area contributed by atoms with E-state index in [2.05, 4.69) is 21.8 Å². The number of likely N-dealkylation sites (tertiary alicyclic amines) is 1. The van der Waals surface area contributed by atoms with Gasteiger partial charge in [0.25, 0.3) is 5.91 Å². The quantitative estimate of drug-likeness (QED) is 0.843. The van der Waals surface area contributed by atoms with Crippen molar-refractivity contribution in [2.45, 2.75) is 25.8 Å². The fraction of sp³-hybridized carbons (Fsp3) is 0.615. The van der Waals surface area contributed by atoms with Gasteiger partial charge in [-0.05, 0) is 25.9 Å². The monoisotopic (exact) mass is 282 g/mol. The molecule has 0 radical (unpaired) electrons. The van der Waals surface area contributed by atoms with Gasteiger partial charge in [0.2, 0.25) is 0 Å². The molecule has 0 spiro atoms. The number of likely N-dealkylation sites (N-methyl/N-ethyl adjacent to an activating group) is 2. The molecular formula is C13H19ClN4O. The summed E-state index contributed by atoms with van der Waals surface area (Å²) < 4.78 is 0. The Morgan fingerprint density at radius 3 is 3.05 bits per heavy atom. The maximum absolute atomic E-state index is 12.2. The van der Waals surface area contributed by atoms with Crippen molar-refractivity contribution in [1.29, 1.82) is 0 Å². The molecule has 0 bridgehead atoms. The smallest absolute Gasteiger partial charge is 0.273 e. The Balaban J connectivity index is 1.99. The summed E-state index contributed by atoms with van der Waals surface area (Å²) in [5.41, 5.74) is 0.302. The number of rotatable bonds is 4. The number of carbonyl (C=O) groups is 1. The van der Waals surface area contributed by atoms with Gasteiger partial charge in [-0.1, -0.05) is 18.5 Å². The summed E-state index contributed by atoms with van der Waals surface area (Å²) in [4.78, 5) is 24.2. The lowest BCUT2D eigenvalue weighted by Gasteiger charge is -2.27. The standard InChI is InChI=1S/C13H19ClN4O/c1-3-18-6-4-5-10(18)9-17(2)13(19)11-7-15-8-12(14)16-11/h7-8,10H,3-6,9H2,1-2H3. The van der Waals surface area contributed by atoms with Crippen LogP contribution in [0.15, 0.2) is 12.4 Å². The molecule has 1 aromatic rings. The Bertz CT molecular complexity index is 454. The van der Waals surface area contributed by atoms with E-state index in [0.717, 1.165) is 26.1 Å². The lowest BCUT2D eigenvalue weighted by molar-refractivity contribution is 0.0748. The predicted molar refractivity (Wildman–Crippen MR) is 74.3 cm³/mol. The molecule has 2 rings (SSSR count). The second-order valence-corrected chi connectivity index (χ2v) is 5.22. The third-order valence-corrected chi connectivity index (χ3v) is 3.74. The fourth-order valence-corrected chi connectivity index (χ4v) is 2.71. The summed E-state index contributed by atoms with van der Waals surface area (Å²) in [5, 5.41) is 0.246. The molecule has 6 heteroatoms. The first-order valence-corrected chi connectivity index (χ1v) is 6.96. The Kier molecular flexibility index (Phi) is 4.71. The average molecular weight is 283 g/mol. The van der Waals surface area contributed by atoms with E-state index in [1.54, 1.807) is 11.9 Å². The molecule has 1 fully saturated rings. The highest BCUT2D eigenvalue weighted by Gasteiger charge is 2.26. The van der Waals surface area contributed by atoms with E-state index in [4.69, 9.17) is 11.6 Å². The van der Waals surface area contributed by atoms with Gasteiger partial charge in [0, 0.05) is 19.6 Å². The molecule has 104 valence electrons. The lowest BCUT2D eigenvalue weighted by Crippen LogP contribution is -2.41. The van der Waals surface area contributed by atoms with Crippen LogP contribution in [0.3, 0.4) is 0 Å². The Labute approximate surface area is 118 Å². The highest BCUT2D eigenvalue weighted by molar-refractivity contribution is 6.29. The van der Waals surface area contributed by atoms with E-state index in [1.165, 1.54) is 18.8 Å². The van der Waals surface area contributed by atoms with Crippen LogP contribution >= 0.6 is 11.6 Å².